The Hall–Kier alpha value is -1.82. The Morgan fingerprint density at radius 3 is 2.81 bits per heavy atom. The minimum Gasteiger partial charge on any atom is -0.508 e. The van der Waals surface area contributed by atoms with E-state index in [1.165, 1.54) is 12.8 Å². The molecule has 0 fully saturated rings. The lowest BCUT2D eigenvalue weighted by molar-refractivity contribution is 0.405. The molecule has 0 heterocycles. The molecule has 0 radical (unpaired) electrons. The highest BCUT2D eigenvalue weighted by atomic mass is 32.1. The van der Waals surface area contributed by atoms with Gasteiger partial charge in [0.05, 0.1) is 13.3 Å². The SMILES string of the molecule is CCCCCCc1cc(/C=N/NC(N)=S)c(OC)cc1O. The van der Waals surface area contributed by atoms with Crippen molar-refractivity contribution in [3.8, 4) is 11.5 Å². The lowest BCUT2D eigenvalue weighted by Crippen LogP contribution is -2.24. The van der Waals surface area contributed by atoms with Crippen molar-refractivity contribution in [3.05, 3.63) is 23.3 Å². The largest absolute Gasteiger partial charge is 0.508 e. The van der Waals surface area contributed by atoms with E-state index in [9.17, 15) is 5.11 Å². The van der Waals surface area contributed by atoms with E-state index in [1.54, 1.807) is 19.4 Å². The second-order valence-corrected chi connectivity index (χ2v) is 5.21. The van der Waals surface area contributed by atoms with Gasteiger partial charge in [0.15, 0.2) is 5.11 Å². The molecule has 0 amide bonds. The van der Waals surface area contributed by atoms with Gasteiger partial charge in [0.25, 0.3) is 0 Å². The number of nitrogens with one attached hydrogen (secondary N) is 1. The van der Waals surface area contributed by atoms with Gasteiger partial charge in [-0.15, -0.1) is 0 Å². The number of hydrogen-bond acceptors (Lipinski definition) is 4. The van der Waals surface area contributed by atoms with E-state index in [0.29, 0.717) is 5.75 Å². The van der Waals surface area contributed by atoms with Gasteiger partial charge in [-0.25, -0.2) is 0 Å². The maximum atomic E-state index is 10.0. The number of phenolic OH excluding ortho intramolecular Hbond substituents is 1. The number of aromatic hydroxyl groups is 1. The second kappa shape index (κ2) is 9.18. The summed E-state index contributed by atoms with van der Waals surface area (Å²) in [5.41, 5.74) is 9.47. The Balaban J connectivity index is 2.84. The Bertz CT molecular complexity index is 504. The van der Waals surface area contributed by atoms with Crippen molar-refractivity contribution in [2.45, 2.75) is 39.0 Å². The first kappa shape index (κ1) is 17.2. The van der Waals surface area contributed by atoms with Crippen LogP contribution in [0, 0.1) is 0 Å². The van der Waals surface area contributed by atoms with E-state index in [2.05, 4.69) is 29.7 Å². The van der Waals surface area contributed by atoms with Crippen LogP contribution in [-0.4, -0.2) is 23.5 Å². The van der Waals surface area contributed by atoms with Crippen LogP contribution in [0.15, 0.2) is 17.2 Å². The zero-order valence-electron chi connectivity index (χ0n) is 12.6. The number of phenols is 1. The van der Waals surface area contributed by atoms with Gasteiger partial charge in [-0.3, -0.25) is 5.43 Å². The molecule has 116 valence electrons. The number of nitrogens with two attached hydrogens (primary N) is 1. The molecule has 0 saturated carbocycles. The van der Waals surface area contributed by atoms with Gasteiger partial charge < -0.3 is 15.6 Å². The molecule has 0 spiro atoms. The van der Waals surface area contributed by atoms with Gasteiger partial charge in [-0.2, -0.15) is 5.10 Å². The fraction of sp³-hybridized carbons (Fsp3) is 0.467. The van der Waals surface area contributed by atoms with Crippen LogP contribution in [0.4, 0.5) is 0 Å². The zero-order valence-corrected chi connectivity index (χ0v) is 13.4. The molecule has 0 atom stereocenters. The molecule has 21 heavy (non-hydrogen) atoms. The number of hydrazone groups is 1. The van der Waals surface area contributed by atoms with Crippen LogP contribution >= 0.6 is 12.2 Å². The molecule has 1 rings (SSSR count). The van der Waals surface area contributed by atoms with E-state index in [-0.39, 0.29) is 10.9 Å². The fourth-order valence-electron chi connectivity index (χ4n) is 2.02. The van der Waals surface area contributed by atoms with Gasteiger partial charge in [0, 0.05) is 11.6 Å². The van der Waals surface area contributed by atoms with E-state index in [4.69, 9.17) is 10.5 Å². The van der Waals surface area contributed by atoms with Crippen LogP contribution in [0.1, 0.15) is 43.7 Å². The molecule has 0 saturated heterocycles. The first-order valence-electron chi connectivity index (χ1n) is 7.06. The zero-order chi connectivity index (χ0) is 15.7. The molecule has 0 aliphatic heterocycles. The summed E-state index contributed by atoms with van der Waals surface area (Å²) in [6.07, 6.45) is 7.02. The topological polar surface area (TPSA) is 79.9 Å². The Labute approximate surface area is 131 Å². The minimum absolute atomic E-state index is 0.101. The highest BCUT2D eigenvalue weighted by Crippen LogP contribution is 2.28. The van der Waals surface area contributed by atoms with Crippen molar-refractivity contribution in [1.29, 1.82) is 0 Å². The van der Waals surface area contributed by atoms with Crippen molar-refractivity contribution in [1.82, 2.24) is 5.43 Å². The number of hydrogen-bond donors (Lipinski definition) is 3. The summed E-state index contributed by atoms with van der Waals surface area (Å²) < 4.78 is 5.24. The number of ether oxygens (including phenoxy) is 1. The Kier molecular flexibility index (Phi) is 7.53. The molecular weight excluding hydrogens is 286 g/mol. The molecule has 0 aliphatic rings. The van der Waals surface area contributed by atoms with E-state index < -0.39 is 0 Å². The molecule has 0 aliphatic carbocycles. The summed E-state index contributed by atoms with van der Waals surface area (Å²) in [5.74, 6) is 0.807. The van der Waals surface area contributed by atoms with Gasteiger partial charge in [-0.05, 0) is 36.7 Å². The summed E-state index contributed by atoms with van der Waals surface area (Å²) >= 11 is 4.68. The van der Waals surface area contributed by atoms with Crippen LogP contribution in [0.2, 0.25) is 0 Å². The van der Waals surface area contributed by atoms with Crippen LogP contribution in [0.25, 0.3) is 0 Å². The van der Waals surface area contributed by atoms with Gasteiger partial charge >= 0.3 is 0 Å². The normalized spacial score (nSPS) is 10.8. The quantitative estimate of drug-likeness (QED) is 0.298. The third-order valence-electron chi connectivity index (χ3n) is 3.11. The van der Waals surface area contributed by atoms with E-state index in [1.807, 2.05) is 6.07 Å². The van der Waals surface area contributed by atoms with E-state index in [0.717, 1.165) is 30.4 Å². The van der Waals surface area contributed by atoms with Crippen molar-refractivity contribution < 1.29 is 9.84 Å². The predicted molar refractivity (Wildman–Crippen MR) is 90.0 cm³/mol. The van der Waals surface area contributed by atoms with Crippen molar-refractivity contribution in [3.63, 3.8) is 0 Å². The van der Waals surface area contributed by atoms with E-state index >= 15 is 0 Å². The summed E-state index contributed by atoms with van der Waals surface area (Å²) in [6.45, 7) is 2.17. The van der Waals surface area contributed by atoms with Crippen molar-refractivity contribution in [2.75, 3.05) is 7.11 Å². The van der Waals surface area contributed by atoms with Crippen LogP contribution in [0.5, 0.6) is 11.5 Å². The van der Waals surface area contributed by atoms with Gasteiger partial charge in [-0.1, -0.05) is 26.2 Å². The molecule has 6 heteroatoms. The number of methoxy groups -OCH3 is 1. The molecule has 1 aromatic rings. The van der Waals surface area contributed by atoms with Gasteiger partial charge in [0.1, 0.15) is 11.5 Å². The number of nitrogens with zero attached hydrogens (tertiary/aromatic N) is 1. The summed E-state index contributed by atoms with van der Waals surface area (Å²) in [4.78, 5) is 0. The van der Waals surface area contributed by atoms with Crippen molar-refractivity contribution >= 4 is 23.5 Å². The number of benzene rings is 1. The third-order valence-corrected chi connectivity index (χ3v) is 3.20. The molecule has 0 aromatic heterocycles. The highest BCUT2D eigenvalue weighted by Gasteiger charge is 2.08. The summed E-state index contributed by atoms with van der Waals surface area (Å²) in [6, 6.07) is 3.49. The third kappa shape index (κ3) is 5.99. The fourth-order valence-corrected chi connectivity index (χ4v) is 2.07. The van der Waals surface area contributed by atoms with Crippen molar-refractivity contribution in [2.24, 2.45) is 10.8 Å². The Morgan fingerprint density at radius 2 is 2.19 bits per heavy atom. The maximum Gasteiger partial charge on any atom is 0.184 e. The maximum absolute atomic E-state index is 10.0. The number of unbranched alkanes of at least 4 members (excludes halogenated alkanes) is 3. The van der Waals surface area contributed by atoms with Crippen LogP contribution < -0.4 is 15.9 Å². The lowest BCUT2D eigenvalue weighted by atomic mass is 10.0. The smallest absolute Gasteiger partial charge is 0.184 e. The molecule has 4 N–H and O–H groups in total. The minimum atomic E-state index is 0.101. The highest BCUT2D eigenvalue weighted by molar-refractivity contribution is 7.80. The average molecular weight is 309 g/mol. The number of rotatable bonds is 8. The number of thiocarbonyl (C=S) groups is 1. The van der Waals surface area contributed by atoms with Crippen LogP contribution in [0.3, 0.4) is 0 Å². The van der Waals surface area contributed by atoms with Crippen LogP contribution in [-0.2, 0) is 6.42 Å². The molecule has 0 unspecified atom stereocenters. The predicted octanol–water partition coefficient (Wildman–Crippen LogP) is 2.69. The second-order valence-electron chi connectivity index (χ2n) is 4.77. The average Bonchev–Trinajstić information content (AvgIpc) is 2.45. The number of aryl methyl sites for hydroxylation is 1. The summed E-state index contributed by atoms with van der Waals surface area (Å²) in [5, 5.41) is 14.1. The molecule has 5 nitrogen and oxygen atoms in total. The Morgan fingerprint density at radius 1 is 1.43 bits per heavy atom. The molecular formula is C15H23N3O2S. The molecule has 0 bridgehead atoms. The van der Waals surface area contributed by atoms with Gasteiger partial charge in [0.2, 0.25) is 0 Å². The molecule has 1 aromatic carbocycles. The summed E-state index contributed by atoms with van der Waals surface area (Å²) in [7, 11) is 1.55. The first-order chi connectivity index (χ1) is 10.1. The lowest BCUT2D eigenvalue weighted by Gasteiger charge is -2.10. The first-order valence-corrected chi connectivity index (χ1v) is 7.47. The monoisotopic (exact) mass is 309 g/mol. The standard InChI is InChI=1S/C15H23N3O2S/c1-3-4-5-6-7-11-8-12(10-17-18-15(16)21)14(20-2)9-13(11)19/h8-10,19H,3-7H2,1-2H3,(H3,16,18,21)/b17-10+.